The summed E-state index contributed by atoms with van der Waals surface area (Å²) < 4.78 is 7.19. The summed E-state index contributed by atoms with van der Waals surface area (Å²) in [5, 5.41) is 14.5. The van der Waals surface area contributed by atoms with Gasteiger partial charge in [0.15, 0.2) is 0 Å². The number of aryl methyl sites for hydroxylation is 1. The van der Waals surface area contributed by atoms with Gasteiger partial charge in [-0.15, -0.1) is 0 Å². The third-order valence-corrected chi connectivity index (χ3v) is 2.92. The van der Waals surface area contributed by atoms with Crippen LogP contribution in [0.25, 0.3) is 0 Å². The van der Waals surface area contributed by atoms with E-state index in [0.29, 0.717) is 13.0 Å². The van der Waals surface area contributed by atoms with Gasteiger partial charge in [-0.05, 0) is 19.3 Å². The predicted molar refractivity (Wildman–Crippen MR) is 59.0 cm³/mol. The highest BCUT2D eigenvalue weighted by molar-refractivity contribution is 4.95. The van der Waals surface area contributed by atoms with Crippen LogP contribution in [0.4, 0.5) is 0 Å². The van der Waals surface area contributed by atoms with Crippen LogP contribution in [-0.2, 0) is 17.7 Å². The minimum absolute atomic E-state index is 0.409. The molecule has 1 aliphatic heterocycles. The lowest BCUT2D eigenvalue weighted by Crippen LogP contribution is -2.41. The second-order valence-electron chi connectivity index (χ2n) is 4.46. The molecule has 0 aromatic carbocycles. The highest BCUT2D eigenvalue weighted by Gasteiger charge is 2.32. The number of aromatic nitrogens is 3. The molecule has 1 saturated heterocycles. The van der Waals surface area contributed by atoms with Crippen LogP contribution >= 0.6 is 0 Å². The van der Waals surface area contributed by atoms with Gasteiger partial charge in [-0.2, -0.15) is 5.10 Å². The largest absolute Gasteiger partial charge is 0.387 e. The maximum absolute atomic E-state index is 10.3. The summed E-state index contributed by atoms with van der Waals surface area (Å²) in [6, 6.07) is 0. The average molecular weight is 225 g/mol. The van der Waals surface area contributed by atoms with Crippen molar-refractivity contribution in [2.45, 2.75) is 44.8 Å². The Kier molecular flexibility index (Phi) is 3.56. The summed E-state index contributed by atoms with van der Waals surface area (Å²) in [5.41, 5.74) is -0.753. The highest BCUT2D eigenvalue weighted by atomic mass is 16.5. The van der Waals surface area contributed by atoms with Crippen molar-refractivity contribution >= 4 is 0 Å². The zero-order valence-corrected chi connectivity index (χ0v) is 9.72. The molecule has 2 rings (SSSR count). The first-order valence-corrected chi connectivity index (χ1v) is 5.90. The molecule has 1 atom stereocenters. The van der Waals surface area contributed by atoms with Crippen LogP contribution in [0.3, 0.4) is 0 Å². The Bertz CT molecular complexity index is 332. The maximum atomic E-state index is 10.3. The molecule has 1 N–H and O–H groups in total. The van der Waals surface area contributed by atoms with Crippen LogP contribution in [0.2, 0.25) is 0 Å². The molecular formula is C11H19N3O2. The summed E-state index contributed by atoms with van der Waals surface area (Å²) in [7, 11) is 0. The Balaban J connectivity index is 2.04. The van der Waals surface area contributed by atoms with Gasteiger partial charge in [-0.25, -0.2) is 4.98 Å². The first-order chi connectivity index (χ1) is 7.73. The number of aliphatic hydroxyl groups is 1. The summed E-state index contributed by atoms with van der Waals surface area (Å²) in [5.74, 6) is 0.856. The summed E-state index contributed by atoms with van der Waals surface area (Å²) >= 11 is 0. The number of nitrogens with zero attached hydrogens (tertiary/aromatic N) is 3. The Labute approximate surface area is 95.4 Å². The van der Waals surface area contributed by atoms with E-state index >= 15 is 0 Å². The van der Waals surface area contributed by atoms with E-state index in [-0.39, 0.29) is 0 Å². The van der Waals surface area contributed by atoms with E-state index in [1.807, 2.05) is 4.68 Å². The molecule has 1 fully saturated rings. The van der Waals surface area contributed by atoms with Crippen LogP contribution in [0.15, 0.2) is 6.33 Å². The molecule has 16 heavy (non-hydrogen) atoms. The lowest BCUT2D eigenvalue weighted by atomic mass is 9.93. The van der Waals surface area contributed by atoms with Crippen molar-refractivity contribution in [3.05, 3.63) is 12.2 Å². The second kappa shape index (κ2) is 4.93. The van der Waals surface area contributed by atoms with E-state index in [4.69, 9.17) is 4.74 Å². The molecule has 1 unspecified atom stereocenters. The van der Waals surface area contributed by atoms with E-state index < -0.39 is 5.60 Å². The standard InChI is InChI=1S/C11H19N3O2/c1-2-5-14-10(12-9-13-14)7-11(15)4-3-6-16-8-11/h9,15H,2-8H2,1H3. The molecule has 0 aliphatic carbocycles. The Morgan fingerprint density at radius 3 is 3.19 bits per heavy atom. The molecule has 1 aromatic heterocycles. The van der Waals surface area contributed by atoms with Gasteiger partial charge in [0.05, 0.1) is 12.2 Å². The predicted octanol–water partition coefficient (Wildman–Crippen LogP) is 0.772. The molecule has 0 saturated carbocycles. The van der Waals surface area contributed by atoms with Crippen LogP contribution < -0.4 is 0 Å². The third kappa shape index (κ3) is 2.59. The van der Waals surface area contributed by atoms with Crippen LogP contribution in [-0.4, -0.2) is 38.7 Å². The fourth-order valence-electron chi connectivity index (χ4n) is 2.09. The highest BCUT2D eigenvalue weighted by Crippen LogP contribution is 2.22. The van der Waals surface area contributed by atoms with Gasteiger partial charge in [-0.3, -0.25) is 4.68 Å². The Morgan fingerprint density at radius 1 is 1.62 bits per heavy atom. The molecule has 0 bridgehead atoms. The van der Waals surface area contributed by atoms with Crippen molar-refractivity contribution in [3.63, 3.8) is 0 Å². The van der Waals surface area contributed by atoms with Gasteiger partial charge in [-0.1, -0.05) is 6.92 Å². The molecule has 5 nitrogen and oxygen atoms in total. The van der Waals surface area contributed by atoms with E-state index in [1.165, 1.54) is 0 Å². The van der Waals surface area contributed by atoms with Crippen molar-refractivity contribution in [1.82, 2.24) is 14.8 Å². The van der Waals surface area contributed by atoms with Gasteiger partial charge in [0.25, 0.3) is 0 Å². The minimum Gasteiger partial charge on any atom is -0.387 e. The molecule has 1 aliphatic rings. The molecule has 0 radical (unpaired) electrons. The van der Waals surface area contributed by atoms with E-state index in [2.05, 4.69) is 17.0 Å². The van der Waals surface area contributed by atoms with Gasteiger partial charge >= 0.3 is 0 Å². The maximum Gasteiger partial charge on any atom is 0.138 e. The smallest absolute Gasteiger partial charge is 0.138 e. The lowest BCUT2D eigenvalue weighted by Gasteiger charge is -2.31. The molecule has 5 heteroatoms. The fraction of sp³-hybridized carbons (Fsp3) is 0.818. The van der Waals surface area contributed by atoms with Gasteiger partial charge < -0.3 is 9.84 Å². The fourth-order valence-corrected chi connectivity index (χ4v) is 2.09. The third-order valence-electron chi connectivity index (χ3n) is 2.92. The average Bonchev–Trinajstić information content (AvgIpc) is 2.67. The first kappa shape index (κ1) is 11.5. The number of hydrogen-bond acceptors (Lipinski definition) is 4. The summed E-state index contributed by atoms with van der Waals surface area (Å²) in [6.07, 6.45) is 4.81. The normalized spacial score (nSPS) is 25.9. The summed E-state index contributed by atoms with van der Waals surface area (Å²) in [4.78, 5) is 4.21. The van der Waals surface area contributed by atoms with Crippen molar-refractivity contribution in [2.75, 3.05) is 13.2 Å². The van der Waals surface area contributed by atoms with Gasteiger partial charge in [0.2, 0.25) is 0 Å². The topological polar surface area (TPSA) is 60.2 Å². The number of rotatable bonds is 4. The van der Waals surface area contributed by atoms with Gasteiger partial charge in [0, 0.05) is 19.6 Å². The van der Waals surface area contributed by atoms with E-state index in [0.717, 1.165) is 38.2 Å². The summed E-state index contributed by atoms with van der Waals surface area (Å²) in [6.45, 7) is 4.12. The van der Waals surface area contributed by atoms with Crippen molar-refractivity contribution in [2.24, 2.45) is 0 Å². The Hall–Kier alpha value is -0.940. The van der Waals surface area contributed by atoms with Crippen molar-refractivity contribution < 1.29 is 9.84 Å². The molecule has 1 aromatic rings. The molecule has 0 spiro atoms. The number of hydrogen-bond donors (Lipinski definition) is 1. The number of ether oxygens (including phenoxy) is 1. The van der Waals surface area contributed by atoms with Crippen LogP contribution in [0, 0.1) is 0 Å². The SMILES string of the molecule is CCCn1ncnc1CC1(O)CCCOC1. The van der Waals surface area contributed by atoms with Crippen LogP contribution in [0.1, 0.15) is 32.0 Å². The Morgan fingerprint density at radius 2 is 2.50 bits per heavy atom. The van der Waals surface area contributed by atoms with Crippen molar-refractivity contribution in [3.8, 4) is 0 Å². The van der Waals surface area contributed by atoms with Crippen LogP contribution in [0.5, 0.6) is 0 Å². The quantitative estimate of drug-likeness (QED) is 0.822. The second-order valence-corrected chi connectivity index (χ2v) is 4.46. The molecule has 90 valence electrons. The van der Waals surface area contributed by atoms with Gasteiger partial charge in [0.1, 0.15) is 12.2 Å². The zero-order valence-electron chi connectivity index (χ0n) is 9.72. The molecule has 0 amide bonds. The minimum atomic E-state index is -0.753. The lowest BCUT2D eigenvalue weighted by molar-refractivity contribution is -0.0859. The van der Waals surface area contributed by atoms with Crippen molar-refractivity contribution in [1.29, 1.82) is 0 Å². The monoisotopic (exact) mass is 225 g/mol. The molecular weight excluding hydrogens is 206 g/mol. The molecule has 2 heterocycles. The van der Waals surface area contributed by atoms with E-state index in [9.17, 15) is 5.11 Å². The van der Waals surface area contributed by atoms with E-state index in [1.54, 1.807) is 6.33 Å². The zero-order chi connectivity index (χ0) is 11.4. The first-order valence-electron chi connectivity index (χ1n) is 5.90.